The standard InChI is InChI=1S/C18H19NO14S3/c1-28-16-10-12(2-5-14(16)29-34-33-32-21)4-7-18(20)19-9-8-13-3-6-15(30-35(22,23)24)17(11-13)31-36(25,26)27/h2-7,10-11,21H,8-9H2,1H3,(H,19,20)(H,22,23,24)(H,25,26,27)/b7-4+. The summed E-state index contributed by atoms with van der Waals surface area (Å²) in [5.41, 5.74) is 0.953. The van der Waals surface area contributed by atoms with Crippen molar-refractivity contribution in [1.29, 1.82) is 0 Å². The highest BCUT2D eigenvalue weighted by Gasteiger charge is 2.18. The Bertz CT molecular complexity index is 1290. The zero-order valence-corrected chi connectivity index (χ0v) is 20.5. The van der Waals surface area contributed by atoms with E-state index >= 15 is 0 Å². The average molecular weight is 570 g/mol. The molecule has 0 heterocycles. The van der Waals surface area contributed by atoms with Crippen molar-refractivity contribution in [2.75, 3.05) is 13.7 Å². The summed E-state index contributed by atoms with van der Waals surface area (Å²) in [6.07, 6.45) is 2.87. The summed E-state index contributed by atoms with van der Waals surface area (Å²) in [4.78, 5) is 12.1. The molecule has 0 radical (unpaired) electrons. The molecule has 2 aromatic carbocycles. The van der Waals surface area contributed by atoms with Crippen LogP contribution in [-0.4, -0.2) is 50.8 Å². The highest BCUT2D eigenvalue weighted by atomic mass is 32.3. The molecule has 2 aromatic rings. The van der Waals surface area contributed by atoms with Crippen molar-refractivity contribution in [1.82, 2.24) is 5.32 Å². The molecule has 0 atom stereocenters. The third-order valence-electron chi connectivity index (χ3n) is 3.91. The van der Waals surface area contributed by atoms with E-state index in [0.29, 0.717) is 29.2 Å². The first kappa shape index (κ1) is 29.1. The molecule has 2 rings (SSSR count). The van der Waals surface area contributed by atoms with Gasteiger partial charge in [0.2, 0.25) is 5.91 Å². The van der Waals surface area contributed by atoms with Crippen LogP contribution in [0.3, 0.4) is 0 Å². The second-order valence-electron chi connectivity index (χ2n) is 6.38. The van der Waals surface area contributed by atoms with Gasteiger partial charge < -0.3 is 22.6 Å². The van der Waals surface area contributed by atoms with Gasteiger partial charge in [-0.15, -0.1) is 0 Å². The van der Waals surface area contributed by atoms with Crippen LogP contribution in [0.2, 0.25) is 0 Å². The van der Waals surface area contributed by atoms with Crippen LogP contribution >= 0.6 is 12.3 Å². The van der Waals surface area contributed by atoms with Gasteiger partial charge in [-0.25, -0.2) is 5.26 Å². The lowest BCUT2D eigenvalue weighted by atomic mass is 10.1. The molecule has 0 unspecified atom stereocenters. The summed E-state index contributed by atoms with van der Waals surface area (Å²) >= 11 is 0.344. The molecule has 0 aliphatic carbocycles. The van der Waals surface area contributed by atoms with Gasteiger partial charge in [-0.2, -0.15) is 16.8 Å². The van der Waals surface area contributed by atoms with E-state index in [-0.39, 0.29) is 18.7 Å². The molecule has 1 amide bonds. The first-order chi connectivity index (χ1) is 16.9. The Labute approximate surface area is 209 Å². The van der Waals surface area contributed by atoms with Crippen LogP contribution in [0.5, 0.6) is 23.0 Å². The van der Waals surface area contributed by atoms with Gasteiger partial charge in [-0.3, -0.25) is 13.9 Å². The largest absolute Gasteiger partial charge is 0.493 e. The van der Waals surface area contributed by atoms with Crippen molar-refractivity contribution < 1.29 is 62.7 Å². The molecule has 18 heteroatoms. The van der Waals surface area contributed by atoms with Crippen molar-refractivity contribution in [3.63, 3.8) is 0 Å². The van der Waals surface area contributed by atoms with Crippen molar-refractivity contribution in [3.05, 3.63) is 53.6 Å². The van der Waals surface area contributed by atoms with Gasteiger partial charge >= 0.3 is 20.8 Å². The topological polar surface area (TPSA) is 213 Å². The Balaban J connectivity index is 1.99. The fraction of sp³-hybridized carbons (Fsp3) is 0.167. The molecule has 0 saturated carbocycles. The Morgan fingerprint density at radius 1 is 0.972 bits per heavy atom. The Kier molecular flexibility index (Phi) is 10.7. The smallest absolute Gasteiger partial charge is 0.446 e. The fourth-order valence-corrected chi connectivity index (χ4v) is 3.53. The van der Waals surface area contributed by atoms with Crippen LogP contribution in [0.4, 0.5) is 0 Å². The minimum absolute atomic E-state index is 0.0766. The molecule has 4 N–H and O–H groups in total. The maximum absolute atomic E-state index is 12.1. The number of hydrogen-bond acceptors (Lipinski definition) is 13. The minimum atomic E-state index is -5.03. The molecular weight excluding hydrogens is 550 g/mol. The summed E-state index contributed by atoms with van der Waals surface area (Å²) in [5, 5.41) is 14.1. The van der Waals surface area contributed by atoms with Crippen LogP contribution in [0.15, 0.2) is 42.5 Å². The van der Waals surface area contributed by atoms with E-state index in [2.05, 4.69) is 23.1 Å². The molecule has 0 aliphatic heterocycles. The van der Waals surface area contributed by atoms with Gasteiger partial charge in [0.15, 0.2) is 23.0 Å². The molecule has 0 spiro atoms. The van der Waals surface area contributed by atoms with E-state index < -0.39 is 38.2 Å². The molecule has 36 heavy (non-hydrogen) atoms. The predicted molar refractivity (Wildman–Crippen MR) is 123 cm³/mol. The molecule has 0 aliphatic rings. The Morgan fingerprint density at radius 3 is 2.28 bits per heavy atom. The fourth-order valence-electron chi connectivity index (χ4n) is 2.55. The van der Waals surface area contributed by atoms with Crippen molar-refractivity contribution in [2.24, 2.45) is 0 Å². The number of carbonyl (C=O) groups is 1. The highest BCUT2D eigenvalue weighted by Crippen LogP contribution is 2.32. The minimum Gasteiger partial charge on any atom is -0.493 e. The first-order valence-corrected chi connectivity index (χ1v) is 12.7. The Morgan fingerprint density at radius 2 is 1.64 bits per heavy atom. The predicted octanol–water partition coefficient (Wildman–Crippen LogP) is 1.79. The van der Waals surface area contributed by atoms with E-state index in [4.69, 9.17) is 23.3 Å². The Hall–Kier alpha value is -3.10. The number of hydrogen-bond donors (Lipinski definition) is 4. The van der Waals surface area contributed by atoms with Crippen LogP contribution in [0, 0.1) is 0 Å². The monoisotopic (exact) mass is 569 g/mol. The van der Waals surface area contributed by atoms with Gasteiger partial charge in [0.05, 0.1) is 7.11 Å². The number of methoxy groups -OCH3 is 1. The maximum Gasteiger partial charge on any atom is 0.446 e. The molecular formula is C18H19NO14S3. The molecule has 0 aromatic heterocycles. The van der Waals surface area contributed by atoms with Crippen molar-refractivity contribution >= 4 is 45.1 Å². The summed E-state index contributed by atoms with van der Waals surface area (Å²) < 4.78 is 84.3. The zero-order chi connectivity index (χ0) is 26.8. The number of ether oxygens (including phenoxy) is 1. The van der Waals surface area contributed by atoms with E-state index in [1.165, 1.54) is 31.4 Å². The molecule has 0 bridgehead atoms. The second kappa shape index (κ2) is 13.3. The van der Waals surface area contributed by atoms with Crippen LogP contribution in [0.1, 0.15) is 11.1 Å². The van der Waals surface area contributed by atoms with Gasteiger partial charge in [0.25, 0.3) is 12.3 Å². The van der Waals surface area contributed by atoms with Crippen molar-refractivity contribution in [3.8, 4) is 23.0 Å². The van der Waals surface area contributed by atoms with Gasteiger partial charge in [0.1, 0.15) is 0 Å². The third kappa shape index (κ3) is 10.7. The maximum atomic E-state index is 12.1. The van der Waals surface area contributed by atoms with E-state index in [9.17, 15) is 21.6 Å². The summed E-state index contributed by atoms with van der Waals surface area (Å²) in [7, 11) is -8.63. The van der Waals surface area contributed by atoms with Crippen LogP contribution < -0.4 is 22.6 Å². The molecule has 0 saturated heterocycles. The van der Waals surface area contributed by atoms with Gasteiger partial charge in [0, 0.05) is 12.6 Å². The average Bonchev–Trinajstić information content (AvgIpc) is 2.78. The lowest BCUT2D eigenvalue weighted by Gasteiger charge is -2.10. The van der Waals surface area contributed by atoms with E-state index in [0.717, 1.165) is 12.1 Å². The lowest BCUT2D eigenvalue weighted by molar-refractivity contribution is -0.433. The number of benzene rings is 2. The van der Waals surface area contributed by atoms with E-state index in [1.807, 2.05) is 0 Å². The van der Waals surface area contributed by atoms with Gasteiger partial charge in [-0.05, 0) is 47.9 Å². The zero-order valence-electron chi connectivity index (χ0n) is 18.1. The van der Waals surface area contributed by atoms with Crippen molar-refractivity contribution in [2.45, 2.75) is 6.42 Å². The molecule has 15 nitrogen and oxygen atoms in total. The molecule has 198 valence electrons. The van der Waals surface area contributed by atoms with Crippen LogP contribution in [0.25, 0.3) is 6.08 Å². The number of amides is 1. The number of carbonyl (C=O) groups excluding carboxylic acids is 1. The van der Waals surface area contributed by atoms with Crippen LogP contribution in [-0.2, 0) is 41.4 Å². The highest BCUT2D eigenvalue weighted by molar-refractivity contribution is 7.90. The first-order valence-electron chi connectivity index (χ1n) is 9.32. The summed E-state index contributed by atoms with van der Waals surface area (Å²) in [5.74, 6) is -1.30. The number of rotatable bonds is 14. The summed E-state index contributed by atoms with van der Waals surface area (Å²) in [6.45, 7) is 0.0766. The summed E-state index contributed by atoms with van der Waals surface area (Å²) in [6, 6.07) is 8.05. The molecule has 0 fully saturated rings. The normalized spacial score (nSPS) is 11.8. The number of nitrogens with one attached hydrogen (secondary N) is 1. The van der Waals surface area contributed by atoms with E-state index in [1.54, 1.807) is 12.1 Å². The quantitative estimate of drug-likeness (QED) is 0.0637. The SMILES string of the molecule is COc1cc(/C=C/C(=O)NCCc2ccc(OS(=O)(=O)O)c(OS(=O)(=O)O)c2)ccc1OSOOO. The second-order valence-corrected chi connectivity index (χ2v) is 8.86. The third-order valence-corrected chi connectivity index (χ3v) is 5.05. The lowest BCUT2D eigenvalue weighted by Crippen LogP contribution is -2.23. The van der Waals surface area contributed by atoms with Gasteiger partial charge in [-0.1, -0.05) is 21.5 Å².